The fourth-order valence-electron chi connectivity index (χ4n) is 1.71. The van der Waals surface area contributed by atoms with Gasteiger partial charge in [-0.15, -0.1) is 0 Å². The maximum Gasteiger partial charge on any atom is 0.247 e. The highest BCUT2D eigenvalue weighted by Gasteiger charge is 2.18. The second-order valence-corrected chi connectivity index (χ2v) is 4.70. The van der Waals surface area contributed by atoms with Gasteiger partial charge in [0.2, 0.25) is 5.91 Å². The van der Waals surface area contributed by atoms with Gasteiger partial charge < -0.3 is 5.32 Å². The number of nitrogens with one attached hydrogen (secondary N) is 1. The molecule has 0 aromatic rings. The number of carbonyl (C=O) groups is 1. The Balaban J connectivity index is 2.49. The molecule has 1 rings (SSSR count). The summed E-state index contributed by atoms with van der Waals surface area (Å²) < 4.78 is 0. The predicted molar refractivity (Wildman–Crippen MR) is 62.7 cm³/mol. The minimum absolute atomic E-state index is 0.105. The molecular formula is C12H22N2O. The van der Waals surface area contributed by atoms with E-state index in [1.54, 1.807) is 0 Å². The van der Waals surface area contributed by atoms with E-state index in [1.165, 1.54) is 0 Å². The second-order valence-electron chi connectivity index (χ2n) is 4.70. The van der Waals surface area contributed by atoms with E-state index in [0.717, 1.165) is 25.1 Å². The largest absolute Gasteiger partial charge is 0.350 e. The Hall–Kier alpha value is -0.830. The zero-order valence-corrected chi connectivity index (χ0v) is 10.2. The highest BCUT2D eigenvalue weighted by atomic mass is 16.1. The lowest BCUT2D eigenvalue weighted by atomic mass is 10.1. The molecule has 0 saturated heterocycles. The molecule has 1 aliphatic heterocycles. The predicted octanol–water partition coefficient (Wildman–Crippen LogP) is 1.55. The highest BCUT2D eigenvalue weighted by molar-refractivity contribution is 5.93. The smallest absolute Gasteiger partial charge is 0.247 e. The Morgan fingerprint density at radius 1 is 1.40 bits per heavy atom. The van der Waals surface area contributed by atoms with Crippen LogP contribution in [0, 0.1) is 0 Å². The Labute approximate surface area is 92.5 Å². The van der Waals surface area contributed by atoms with Crippen molar-refractivity contribution in [3.8, 4) is 0 Å². The van der Waals surface area contributed by atoms with Crippen LogP contribution in [0.2, 0.25) is 0 Å². The van der Waals surface area contributed by atoms with E-state index in [9.17, 15) is 4.79 Å². The molecule has 0 unspecified atom stereocenters. The summed E-state index contributed by atoms with van der Waals surface area (Å²) in [4.78, 5) is 14.1. The van der Waals surface area contributed by atoms with Gasteiger partial charge in [0, 0.05) is 30.7 Å². The number of rotatable bonds is 3. The van der Waals surface area contributed by atoms with Crippen molar-refractivity contribution in [1.29, 1.82) is 0 Å². The zero-order chi connectivity index (χ0) is 11.4. The maximum absolute atomic E-state index is 11.7. The molecule has 15 heavy (non-hydrogen) atoms. The van der Waals surface area contributed by atoms with Crippen LogP contribution in [0.25, 0.3) is 0 Å². The molecule has 0 atom stereocenters. The standard InChI is InChI=1S/C12H22N2O/c1-9(2)13-12(15)11-5-7-14(8-6-11)10(3)4/h5,9-10H,6-8H2,1-4H3,(H,13,15). The van der Waals surface area contributed by atoms with Crippen molar-refractivity contribution in [1.82, 2.24) is 10.2 Å². The molecule has 0 aromatic carbocycles. The summed E-state index contributed by atoms with van der Waals surface area (Å²) in [6.07, 6.45) is 2.93. The summed E-state index contributed by atoms with van der Waals surface area (Å²) in [5.74, 6) is 0.105. The third-order valence-corrected chi connectivity index (χ3v) is 2.68. The van der Waals surface area contributed by atoms with E-state index in [2.05, 4.69) is 30.1 Å². The fraction of sp³-hybridized carbons (Fsp3) is 0.750. The topological polar surface area (TPSA) is 32.3 Å². The summed E-state index contributed by atoms with van der Waals surface area (Å²) in [5.41, 5.74) is 0.945. The van der Waals surface area contributed by atoms with Crippen molar-refractivity contribution in [2.24, 2.45) is 0 Å². The van der Waals surface area contributed by atoms with Gasteiger partial charge in [0.05, 0.1) is 0 Å². The van der Waals surface area contributed by atoms with Crippen LogP contribution in [0.15, 0.2) is 11.6 Å². The molecule has 1 amide bonds. The summed E-state index contributed by atoms with van der Waals surface area (Å²) in [6.45, 7) is 10.2. The molecular weight excluding hydrogens is 188 g/mol. The van der Waals surface area contributed by atoms with Crippen LogP contribution in [0.4, 0.5) is 0 Å². The molecule has 3 nitrogen and oxygen atoms in total. The first-order valence-corrected chi connectivity index (χ1v) is 5.74. The summed E-state index contributed by atoms with van der Waals surface area (Å²) >= 11 is 0. The molecule has 0 aliphatic carbocycles. The molecule has 0 radical (unpaired) electrons. The Morgan fingerprint density at radius 3 is 2.47 bits per heavy atom. The van der Waals surface area contributed by atoms with Gasteiger partial charge >= 0.3 is 0 Å². The maximum atomic E-state index is 11.7. The van der Waals surface area contributed by atoms with Crippen molar-refractivity contribution in [3.05, 3.63) is 11.6 Å². The summed E-state index contributed by atoms with van der Waals surface area (Å²) in [6, 6.07) is 0.789. The van der Waals surface area contributed by atoms with E-state index in [-0.39, 0.29) is 11.9 Å². The lowest BCUT2D eigenvalue weighted by Gasteiger charge is -2.29. The SMILES string of the molecule is CC(C)NC(=O)C1=CCN(C(C)C)CC1. The van der Waals surface area contributed by atoms with E-state index in [0.29, 0.717) is 6.04 Å². The van der Waals surface area contributed by atoms with Crippen molar-refractivity contribution in [2.75, 3.05) is 13.1 Å². The van der Waals surface area contributed by atoms with Crippen LogP contribution in [0.1, 0.15) is 34.1 Å². The second kappa shape index (κ2) is 5.31. The van der Waals surface area contributed by atoms with E-state index < -0.39 is 0 Å². The molecule has 1 aliphatic rings. The van der Waals surface area contributed by atoms with E-state index in [4.69, 9.17) is 0 Å². The van der Waals surface area contributed by atoms with Gasteiger partial charge in [-0.3, -0.25) is 9.69 Å². The molecule has 0 spiro atoms. The van der Waals surface area contributed by atoms with E-state index >= 15 is 0 Å². The number of carbonyl (C=O) groups excluding carboxylic acids is 1. The first kappa shape index (κ1) is 12.2. The lowest BCUT2D eigenvalue weighted by Crippen LogP contribution is -2.38. The third kappa shape index (κ3) is 3.67. The Bertz CT molecular complexity index is 256. The van der Waals surface area contributed by atoms with Gasteiger partial charge in [-0.05, 0) is 34.1 Å². The summed E-state index contributed by atoms with van der Waals surface area (Å²) in [5, 5.41) is 2.93. The average molecular weight is 210 g/mol. The van der Waals surface area contributed by atoms with Gasteiger partial charge in [0.1, 0.15) is 0 Å². The highest BCUT2D eigenvalue weighted by Crippen LogP contribution is 2.13. The zero-order valence-electron chi connectivity index (χ0n) is 10.2. The number of nitrogens with zero attached hydrogens (tertiary/aromatic N) is 1. The third-order valence-electron chi connectivity index (χ3n) is 2.68. The molecule has 86 valence electrons. The van der Waals surface area contributed by atoms with Crippen molar-refractivity contribution >= 4 is 5.91 Å². The van der Waals surface area contributed by atoms with Crippen LogP contribution >= 0.6 is 0 Å². The number of hydrogen-bond donors (Lipinski definition) is 1. The Kier molecular flexibility index (Phi) is 4.33. The van der Waals surface area contributed by atoms with Gasteiger partial charge in [-0.1, -0.05) is 6.08 Å². The van der Waals surface area contributed by atoms with Crippen molar-refractivity contribution in [3.63, 3.8) is 0 Å². The van der Waals surface area contributed by atoms with Crippen LogP contribution < -0.4 is 5.32 Å². The van der Waals surface area contributed by atoms with E-state index in [1.807, 2.05) is 13.8 Å². The molecule has 1 N–H and O–H groups in total. The first-order chi connectivity index (χ1) is 7.00. The molecule has 3 heteroatoms. The number of hydrogen-bond acceptors (Lipinski definition) is 2. The van der Waals surface area contributed by atoms with Crippen LogP contribution in [-0.4, -0.2) is 36.0 Å². The van der Waals surface area contributed by atoms with Gasteiger partial charge in [-0.25, -0.2) is 0 Å². The van der Waals surface area contributed by atoms with Gasteiger partial charge in [-0.2, -0.15) is 0 Å². The monoisotopic (exact) mass is 210 g/mol. The minimum Gasteiger partial charge on any atom is -0.350 e. The Morgan fingerprint density at radius 2 is 2.07 bits per heavy atom. The lowest BCUT2D eigenvalue weighted by molar-refractivity contribution is -0.118. The average Bonchev–Trinajstić information content (AvgIpc) is 2.17. The van der Waals surface area contributed by atoms with Crippen molar-refractivity contribution in [2.45, 2.75) is 46.2 Å². The minimum atomic E-state index is 0.105. The molecule has 1 heterocycles. The van der Waals surface area contributed by atoms with Crippen LogP contribution in [-0.2, 0) is 4.79 Å². The van der Waals surface area contributed by atoms with Crippen LogP contribution in [0.3, 0.4) is 0 Å². The van der Waals surface area contributed by atoms with Gasteiger partial charge in [0.15, 0.2) is 0 Å². The normalized spacial score (nSPS) is 18.1. The quantitative estimate of drug-likeness (QED) is 0.766. The van der Waals surface area contributed by atoms with Gasteiger partial charge in [0.25, 0.3) is 0 Å². The number of amides is 1. The summed E-state index contributed by atoms with van der Waals surface area (Å²) in [7, 11) is 0. The first-order valence-electron chi connectivity index (χ1n) is 5.74. The molecule has 0 aromatic heterocycles. The molecule has 0 saturated carbocycles. The van der Waals surface area contributed by atoms with Crippen molar-refractivity contribution < 1.29 is 4.79 Å². The fourth-order valence-corrected chi connectivity index (χ4v) is 1.71. The molecule has 0 bridgehead atoms. The molecule has 0 fully saturated rings. The van der Waals surface area contributed by atoms with Crippen LogP contribution in [0.5, 0.6) is 0 Å².